The lowest BCUT2D eigenvalue weighted by Gasteiger charge is -2.31. The summed E-state index contributed by atoms with van der Waals surface area (Å²) >= 11 is 0. The maximum absolute atomic E-state index is 13.5. The summed E-state index contributed by atoms with van der Waals surface area (Å²) in [6, 6.07) is -0.146. The van der Waals surface area contributed by atoms with Crippen LogP contribution in [-0.4, -0.2) is 82.9 Å². The van der Waals surface area contributed by atoms with Gasteiger partial charge in [0.1, 0.15) is 5.03 Å². The Morgan fingerprint density at radius 1 is 1.26 bits per heavy atom. The highest BCUT2D eigenvalue weighted by atomic mass is 32.2. The molecule has 8 nitrogen and oxygen atoms in total. The van der Waals surface area contributed by atoms with Crippen LogP contribution in [0.25, 0.3) is 0 Å². The number of rotatable bonds is 7. The molecule has 3 aliphatic rings. The van der Waals surface area contributed by atoms with Crippen LogP contribution in [0.15, 0.2) is 11.2 Å². The number of hydrogen-bond acceptors (Lipinski definition) is 8. The van der Waals surface area contributed by atoms with Gasteiger partial charge in [0.25, 0.3) is 0 Å². The number of ether oxygens (including phenoxy) is 2. The van der Waals surface area contributed by atoms with Gasteiger partial charge >= 0.3 is 0 Å². The average molecular weight is 403 g/mol. The molecule has 0 aromatic carbocycles. The van der Waals surface area contributed by atoms with E-state index in [-0.39, 0.29) is 24.2 Å². The average Bonchev–Trinajstić information content (AvgIpc) is 3.21. The molecule has 0 bridgehead atoms. The molecule has 2 unspecified atom stereocenters. The lowest BCUT2D eigenvalue weighted by atomic mass is 9.93. The van der Waals surface area contributed by atoms with E-state index in [9.17, 15) is 8.42 Å². The van der Waals surface area contributed by atoms with Gasteiger partial charge in [0.2, 0.25) is 0 Å². The highest BCUT2D eigenvalue weighted by Crippen LogP contribution is 2.33. The van der Waals surface area contributed by atoms with E-state index in [0.717, 1.165) is 12.8 Å². The molecule has 0 aliphatic carbocycles. The third-order valence-corrected chi connectivity index (χ3v) is 8.23. The van der Waals surface area contributed by atoms with Crippen molar-refractivity contribution in [2.24, 2.45) is 17.6 Å². The number of nitrogens with zero attached hydrogens (tertiary/aromatic N) is 2. The molecule has 4 atom stereocenters. The first-order valence-corrected chi connectivity index (χ1v) is 11.4. The minimum absolute atomic E-state index is 0.0874. The van der Waals surface area contributed by atoms with Crippen molar-refractivity contribution in [2.45, 2.75) is 43.8 Å². The Balaban J connectivity index is 1.76. The van der Waals surface area contributed by atoms with E-state index in [0.29, 0.717) is 44.4 Å². The van der Waals surface area contributed by atoms with Gasteiger partial charge in [0.15, 0.2) is 16.1 Å². The molecule has 27 heavy (non-hydrogen) atoms. The van der Waals surface area contributed by atoms with Gasteiger partial charge in [-0.05, 0) is 19.3 Å². The van der Waals surface area contributed by atoms with E-state index in [1.807, 2.05) is 19.0 Å². The van der Waals surface area contributed by atoms with E-state index in [2.05, 4.69) is 12.2 Å². The Bertz CT molecular complexity index is 635. The quantitative estimate of drug-likeness (QED) is 0.620. The van der Waals surface area contributed by atoms with E-state index in [1.54, 1.807) is 11.1 Å². The summed E-state index contributed by atoms with van der Waals surface area (Å²) in [5.41, 5.74) is 6.27. The Labute approximate surface area is 162 Å². The lowest BCUT2D eigenvalue weighted by Crippen LogP contribution is -2.43. The summed E-state index contributed by atoms with van der Waals surface area (Å²) in [6.45, 7) is 5.37. The maximum Gasteiger partial charge on any atom is 0.198 e. The molecule has 2 saturated heterocycles. The molecule has 0 aromatic rings. The first-order valence-electron chi connectivity index (χ1n) is 9.87. The van der Waals surface area contributed by atoms with Crippen LogP contribution in [0, 0.1) is 11.8 Å². The minimum Gasteiger partial charge on any atom is -0.361 e. The van der Waals surface area contributed by atoms with Crippen molar-refractivity contribution in [2.75, 3.05) is 47.1 Å². The van der Waals surface area contributed by atoms with Gasteiger partial charge in [-0.1, -0.05) is 6.92 Å². The molecule has 3 heterocycles. The zero-order valence-corrected chi connectivity index (χ0v) is 17.5. The molecule has 9 heteroatoms. The van der Waals surface area contributed by atoms with Gasteiger partial charge in [0, 0.05) is 51.3 Å². The SMILES string of the molecule is CC(CCC([C@H]1CNC[C@@H]1N)S(=O)(=O)C1=CN(C)CN1C)C1OCCCO1. The van der Waals surface area contributed by atoms with E-state index < -0.39 is 15.1 Å². The molecule has 0 spiro atoms. The Kier molecular flexibility index (Phi) is 6.68. The molecular weight excluding hydrogens is 368 g/mol. The first kappa shape index (κ1) is 20.9. The molecule has 156 valence electrons. The van der Waals surface area contributed by atoms with Crippen molar-refractivity contribution >= 4 is 9.84 Å². The van der Waals surface area contributed by atoms with Gasteiger partial charge in [0.05, 0.1) is 25.1 Å². The van der Waals surface area contributed by atoms with Crippen LogP contribution in [0.4, 0.5) is 0 Å². The summed E-state index contributed by atoms with van der Waals surface area (Å²) in [7, 11) is 0.226. The fraction of sp³-hybridized carbons (Fsp3) is 0.889. The highest BCUT2D eigenvalue weighted by molar-refractivity contribution is 7.95. The van der Waals surface area contributed by atoms with Gasteiger partial charge in [-0.3, -0.25) is 0 Å². The van der Waals surface area contributed by atoms with Crippen LogP contribution in [0.5, 0.6) is 0 Å². The third-order valence-electron chi connectivity index (χ3n) is 5.84. The van der Waals surface area contributed by atoms with Crippen LogP contribution in [0.1, 0.15) is 26.2 Å². The van der Waals surface area contributed by atoms with Gasteiger partial charge < -0.3 is 30.3 Å². The second-order valence-corrected chi connectivity index (χ2v) is 10.3. The summed E-state index contributed by atoms with van der Waals surface area (Å²) < 4.78 is 38.5. The van der Waals surface area contributed by atoms with Crippen molar-refractivity contribution in [1.29, 1.82) is 0 Å². The number of nitrogens with one attached hydrogen (secondary N) is 1. The first-order chi connectivity index (χ1) is 12.8. The summed E-state index contributed by atoms with van der Waals surface area (Å²) in [6.07, 6.45) is 3.69. The zero-order chi connectivity index (χ0) is 19.6. The molecule has 0 amide bonds. The van der Waals surface area contributed by atoms with Crippen molar-refractivity contribution in [1.82, 2.24) is 15.1 Å². The molecule has 2 fully saturated rings. The fourth-order valence-electron chi connectivity index (χ4n) is 4.30. The third kappa shape index (κ3) is 4.59. The van der Waals surface area contributed by atoms with Crippen molar-refractivity contribution in [3.8, 4) is 0 Å². The standard InChI is InChI=1S/C18H34N4O4S/c1-13(18-25-7-4-8-26-18)5-6-16(14-9-20-10-15(14)19)27(23,24)17-11-21(2)12-22(17)3/h11,13-16,18,20H,4-10,12,19H2,1-3H3/t13?,14-,15-,16?/m0/s1. The molecule has 3 N–H and O–H groups in total. The summed E-state index contributed by atoms with van der Waals surface area (Å²) in [4.78, 5) is 3.69. The number of sulfone groups is 1. The topological polar surface area (TPSA) is 97.1 Å². The van der Waals surface area contributed by atoms with Gasteiger partial charge in [-0.25, -0.2) is 8.42 Å². The lowest BCUT2D eigenvalue weighted by molar-refractivity contribution is -0.203. The summed E-state index contributed by atoms with van der Waals surface area (Å²) in [5, 5.41) is 3.14. The predicted octanol–water partition coefficient (Wildman–Crippen LogP) is 0.129. The largest absolute Gasteiger partial charge is 0.361 e. The zero-order valence-electron chi connectivity index (χ0n) is 16.6. The molecule has 3 aliphatic heterocycles. The predicted molar refractivity (Wildman–Crippen MR) is 104 cm³/mol. The fourth-order valence-corrected chi connectivity index (χ4v) is 6.64. The smallest absolute Gasteiger partial charge is 0.198 e. The Morgan fingerprint density at radius 2 is 1.96 bits per heavy atom. The van der Waals surface area contributed by atoms with Crippen LogP contribution in [0.3, 0.4) is 0 Å². The normalized spacial score (nSPS) is 29.9. The second kappa shape index (κ2) is 8.65. The Hall–Kier alpha value is -0.870. The Morgan fingerprint density at radius 3 is 2.52 bits per heavy atom. The van der Waals surface area contributed by atoms with Gasteiger partial charge in [-0.15, -0.1) is 0 Å². The minimum atomic E-state index is -3.48. The van der Waals surface area contributed by atoms with Crippen molar-refractivity contribution in [3.63, 3.8) is 0 Å². The van der Waals surface area contributed by atoms with Gasteiger partial charge in [-0.2, -0.15) is 0 Å². The number of nitrogens with two attached hydrogens (primary N) is 1. The number of hydrogen-bond donors (Lipinski definition) is 2. The molecule has 0 saturated carbocycles. The van der Waals surface area contributed by atoms with Crippen LogP contribution < -0.4 is 11.1 Å². The van der Waals surface area contributed by atoms with E-state index in [4.69, 9.17) is 15.2 Å². The van der Waals surface area contributed by atoms with E-state index in [1.165, 1.54) is 0 Å². The molecule has 0 radical (unpaired) electrons. The maximum atomic E-state index is 13.5. The van der Waals surface area contributed by atoms with Crippen LogP contribution >= 0.6 is 0 Å². The second-order valence-electron chi connectivity index (χ2n) is 8.15. The van der Waals surface area contributed by atoms with Crippen LogP contribution in [0.2, 0.25) is 0 Å². The highest BCUT2D eigenvalue weighted by Gasteiger charge is 2.43. The summed E-state index contributed by atoms with van der Waals surface area (Å²) in [5.74, 6) is 0.0575. The van der Waals surface area contributed by atoms with E-state index >= 15 is 0 Å². The van der Waals surface area contributed by atoms with Crippen molar-refractivity contribution in [3.05, 3.63) is 11.2 Å². The van der Waals surface area contributed by atoms with Crippen LogP contribution in [-0.2, 0) is 19.3 Å². The molecule has 0 aromatic heterocycles. The monoisotopic (exact) mass is 402 g/mol. The molecule has 3 rings (SSSR count). The molecular formula is C18H34N4O4S. The van der Waals surface area contributed by atoms with Crippen molar-refractivity contribution < 1.29 is 17.9 Å².